The molecule has 1 heterocycles. The van der Waals surface area contributed by atoms with Crippen LogP contribution in [-0.4, -0.2) is 28.4 Å². The van der Waals surface area contributed by atoms with Gasteiger partial charge in [0.05, 0.1) is 0 Å². The summed E-state index contributed by atoms with van der Waals surface area (Å²) in [6.45, 7) is 9.80. The lowest BCUT2D eigenvalue weighted by Crippen LogP contribution is -2.47. The second-order valence-electron chi connectivity index (χ2n) is 6.96. The molecule has 22 heavy (non-hydrogen) atoms. The quantitative estimate of drug-likeness (QED) is 0.763. The molecule has 1 amide bonds. The molecule has 0 radical (unpaired) electrons. The van der Waals surface area contributed by atoms with Crippen molar-refractivity contribution in [3.8, 4) is 0 Å². The second kappa shape index (κ2) is 6.03. The molecular formula is C17H22BrNO3. The summed E-state index contributed by atoms with van der Waals surface area (Å²) in [5.41, 5.74) is 1.04. The molecule has 1 atom stereocenters. The monoisotopic (exact) mass is 367 g/mol. The van der Waals surface area contributed by atoms with Crippen molar-refractivity contribution in [3.63, 3.8) is 0 Å². The Bertz CT molecular complexity index is 604. The molecule has 0 fully saturated rings. The number of amides is 1. The SMILES string of the molecule is CC(C)[C@@H](C(=O)OC(C)(C)C)N1Cc2cc(Br)ccc2C1=O. The maximum Gasteiger partial charge on any atom is 0.329 e. The van der Waals surface area contributed by atoms with Gasteiger partial charge >= 0.3 is 5.97 Å². The normalized spacial score (nSPS) is 16.0. The van der Waals surface area contributed by atoms with Crippen molar-refractivity contribution in [2.45, 2.75) is 52.8 Å². The fourth-order valence-electron chi connectivity index (χ4n) is 2.66. The van der Waals surface area contributed by atoms with Gasteiger partial charge in [0.2, 0.25) is 0 Å². The number of nitrogens with zero attached hydrogens (tertiary/aromatic N) is 1. The molecule has 0 saturated heterocycles. The molecule has 0 N–H and O–H groups in total. The number of halogens is 1. The average Bonchev–Trinajstić information content (AvgIpc) is 2.63. The highest BCUT2D eigenvalue weighted by Crippen LogP contribution is 2.30. The van der Waals surface area contributed by atoms with E-state index in [9.17, 15) is 9.59 Å². The third-order valence-corrected chi connectivity index (χ3v) is 4.01. The van der Waals surface area contributed by atoms with Gasteiger partial charge in [-0.2, -0.15) is 0 Å². The van der Waals surface area contributed by atoms with E-state index < -0.39 is 11.6 Å². The fraction of sp³-hybridized carbons (Fsp3) is 0.529. The molecule has 5 heteroatoms. The van der Waals surface area contributed by atoms with Gasteiger partial charge in [-0.15, -0.1) is 0 Å². The summed E-state index contributed by atoms with van der Waals surface area (Å²) >= 11 is 3.42. The molecule has 1 aromatic rings. The number of fused-ring (bicyclic) bond motifs is 1. The van der Waals surface area contributed by atoms with Crippen LogP contribution in [0.1, 0.15) is 50.5 Å². The highest BCUT2D eigenvalue weighted by atomic mass is 79.9. The Balaban J connectivity index is 2.28. The predicted molar refractivity (Wildman–Crippen MR) is 88.5 cm³/mol. The van der Waals surface area contributed by atoms with Gasteiger partial charge in [0.1, 0.15) is 11.6 Å². The highest BCUT2D eigenvalue weighted by Gasteiger charge is 2.40. The minimum absolute atomic E-state index is 0.0171. The van der Waals surface area contributed by atoms with E-state index in [0.717, 1.165) is 10.0 Å². The van der Waals surface area contributed by atoms with Crippen molar-refractivity contribution in [2.24, 2.45) is 5.92 Å². The molecule has 0 aliphatic carbocycles. The minimum Gasteiger partial charge on any atom is -0.458 e. The van der Waals surface area contributed by atoms with Gasteiger partial charge in [0.25, 0.3) is 5.91 Å². The van der Waals surface area contributed by atoms with Gasteiger partial charge in [-0.3, -0.25) is 4.79 Å². The largest absolute Gasteiger partial charge is 0.458 e. The zero-order chi connectivity index (χ0) is 16.7. The number of carbonyl (C=O) groups excluding carboxylic acids is 2. The number of esters is 1. The lowest BCUT2D eigenvalue weighted by Gasteiger charge is -2.32. The van der Waals surface area contributed by atoms with Gasteiger partial charge in [-0.05, 0) is 50.5 Å². The lowest BCUT2D eigenvalue weighted by atomic mass is 10.0. The first-order chi connectivity index (χ1) is 10.1. The van der Waals surface area contributed by atoms with Crippen LogP contribution in [0.25, 0.3) is 0 Å². The maximum atomic E-state index is 12.6. The minimum atomic E-state index is -0.571. The van der Waals surface area contributed by atoms with Crippen molar-refractivity contribution in [2.75, 3.05) is 0 Å². The van der Waals surface area contributed by atoms with Crippen molar-refractivity contribution >= 4 is 27.8 Å². The van der Waals surface area contributed by atoms with Gasteiger partial charge < -0.3 is 9.64 Å². The van der Waals surface area contributed by atoms with Gasteiger partial charge in [0, 0.05) is 16.6 Å². The Labute approximate surface area is 140 Å². The van der Waals surface area contributed by atoms with E-state index in [-0.39, 0.29) is 17.8 Å². The predicted octanol–water partition coefficient (Wildman–Crippen LogP) is 3.77. The van der Waals surface area contributed by atoms with Crippen LogP contribution in [0.5, 0.6) is 0 Å². The molecule has 1 aromatic carbocycles. The van der Waals surface area contributed by atoms with E-state index >= 15 is 0 Å². The highest BCUT2D eigenvalue weighted by molar-refractivity contribution is 9.10. The van der Waals surface area contributed by atoms with Crippen molar-refractivity contribution in [1.82, 2.24) is 4.90 Å². The first-order valence-electron chi connectivity index (χ1n) is 7.42. The Morgan fingerprint density at radius 1 is 1.32 bits per heavy atom. The van der Waals surface area contributed by atoms with E-state index in [2.05, 4.69) is 15.9 Å². The Kier molecular flexibility index (Phi) is 4.66. The van der Waals surface area contributed by atoms with Crippen LogP contribution in [0.2, 0.25) is 0 Å². The molecule has 1 aliphatic heterocycles. The summed E-state index contributed by atoms with van der Waals surface area (Å²) in [6, 6.07) is 5.00. The standard InChI is InChI=1S/C17H22BrNO3/c1-10(2)14(16(21)22-17(3,4)5)19-9-11-8-12(18)6-7-13(11)15(19)20/h6-8,10,14H,9H2,1-5H3/t14-/m0/s1. The number of carbonyl (C=O) groups is 2. The van der Waals surface area contributed by atoms with Crippen LogP contribution in [0, 0.1) is 5.92 Å². The first-order valence-corrected chi connectivity index (χ1v) is 8.21. The van der Waals surface area contributed by atoms with E-state index in [1.165, 1.54) is 0 Å². The molecule has 0 aromatic heterocycles. The first kappa shape index (κ1) is 17.0. The fourth-order valence-corrected chi connectivity index (χ4v) is 3.07. The van der Waals surface area contributed by atoms with Crippen LogP contribution in [0.15, 0.2) is 22.7 Å². The van der Waals surface area contributed by atoms with Crippen LogP contribution >= 0.6 is 15.9 Å². The smallest absolute Gasteiger partial charge is 0.329 e. The number of rotatable bonds is 3. The molecule has 120 valence electrons. The summed E-state index contributed by atoms with van der Waals surface area (Å²) in [5.74, 6) is -0.466. The zero-order valence-electron chi connectivity index (χ0n) is 13.6. The molecule has 1 aliphatic rings. The Morgan fingerprint density at radius 3 is 2.50 bits per heavy atom. The molecule has 4 nitrogen and oxygen atoms in total. The Morgan fingerprint density at radius 2 is 1.95 bits per heavy atom. The number of benzene rings is 1. The van der Waals surface area contributed by atoms with Crippen molar-refractivity contribution in [1.29, 1.82) is 0 Å². The zero-order valence-corrected chi connectivity index (χ0v) is 15.2. The third kappa shape index (κ3) is 3.51. The number of ether oxygens (including phenoxy) is 1. The maximum absolute atomic E-state index is 12.6. The topological polar surface area (TPSA) is 46.6 Å². The molecule has 2 rings (SSSR count). The van der Waals surface area contributed by atoms with Crippen LogP contribution in [0.3, 0.4) is 0 Å². The molecule has 0 saturated carbocycles. The molecule has 0 unspecified atom stereocenters. The van der Waals surface area contributed by atoms with Crippen LogP contribution in [0.4, 0.5) is 0 Å². The van der Waals surface area contributed by atoms with Crippen molar-refractivity contribution in [3.05, 3.63) is 33.8 Å². The van der Waals surface area contributed by atoms with E-state index in [4.69, 9.17) is 4.74 Å². The number of hydrogen-bond acceptors (Lipinski definition) is 3. The van der Waals surface area contributed by atoms with Crippen LogP contribution in [-0.2, 0) is 16.1 Å². The summed E-state index contributed by atoms with van der Waals surface area (Å²) in [7, 11) is 0. The average molecular weight is 368 g/mol. The molecule has 0 bridgehead atoms. The molecular weight excluding hydrogens is 346 g/mol. The van der Waals surface area contributed by atoms with Gasteiger partial charge in [-0.25, -0.2) is 4.79 Å². The summed E-state index contributed by atoms with van der Waals surface area (Å²) < 4.78 is 6.43. The van der Waals surface area contributed by atoms with E-state index in [1.54, 1.807) is 11.0 Å². The number of hydrogen-bond donors (Lipinski definition) is 0. The van der Waals surface area contributed by atoms with Crippen LogP contribution < -0.4 is 0 Å². The summed E-state index contributed by atoms with van der Waals surface area (Å²) in [5, 5.41) is 0. The molecule has 0 spiro atoms. The van der Waals surface area contributed by atoms with E-state index in [1.807, 2.05) is 46.8 Å². The summed E-state index contributed by atoms with van der Waals surface area (Å²) in [6.07, 6.45) is 0. The Hall–Kier alpha value is -1.36. The second-order valence-corrected chi connectivity index (χ2v) is 7.87. The summed E-state index contributed by atoms with van der Waals surface area (Å²) in [4.78, 5) is 26.8. The van der Waals surface area contributed by atoms with E-state index in [0.29, 0.717) is 12.1 Å². The lowest BCUT2D eigenvalue weighted by molar-refractivity contribution is -0.162. The van der Waals surface area contributed by atoms with Gasteiger partial charge in [-0.1, -0.05) is 29.8 Å². The van der Waals surface area contributed by atoms with Crippen molar-refractivity contribution < 1.29 is 14.3 Å². The van der Waals surface area contributed by atoms with Gasteiger partial charge in [0.15, 0.2) is 0 Å². The third-order valence-electron chi connectivity index (χ3n) is 3.51.